The van der Waals surface area contributed by atoms with Crippen molar-refractivity contribution in [2.75, 3.05) is 11.9 Å². The molecule has 0 bridgehead atoms. The molecule has 1 saturated carbocycles. The summed E-state index contributed by atoms with van der Waals surface area (Å²) in [6.07, 6.45) is 2.02. The van der Waals surface area contributed by atoms with Gasteiger partial charge < -0.3 is 20.4 Å². The molecule has 1 fully saturated rings. The largest absolute Gasteiger partial charge is 0.440 e. The number of aromatic nitrogens is 1. The molecule has 0 saturated heterocycles. The van der Waals surface area contributed by atoms with E-state index in [0.29, 0.717) is 22.7 Å². The number of carbonyl (C=O) groups is 2. The number of anilines is 1. The highest BCUT2D eigenvalue weighted by molar-refractivity contribution is 5.95. The van der Waals surface area contributed by atoms with Gasteiger partial charge in [-0.2, -0.15) is 0 Å². The van der Waals surface area contributed by atoms with Gasteiger partial charge in [0, 0.05) is 17.6 Å². The smallest absolute Gasteiger partial charge is 0.315 e. The number of benzene rings is 1. The molecule has 7 heteroatoms. The van der Waals surface area contributed by atoms with Crippen LogP contribution in [-0.2, 0) is 4.79 Å². The minimum atomic E-state index is -0.309. The van der Waals surface area contributed by atoms with Crippen LogP contribution >= 0.6 is 0 Å². The van der Waals surface area contributed by atoms with E-state index >= 15 is 0 Å². The minimum Gasteiger partial charge on any atom is -0.440 e. The summed E-state index contributed by atoms with van der Waals surface area (Å²) in [6.45, 7) is 3.93. The molecule has 23 heavy (non-hydrogen) atoms. The highest BCUT2D eigenvalue weighted by Crippen LogP contribution is 2.23. The molecular formula is C16H20N4O3. The van der Waals surface area contributed by atoms with Crippen molar-refractivity contribution in [1.82, 2.24) is 15.6 Å². The van der Waals surface area contributed by atoms with Gasteiger partial charge in [0.2, 0.25) is 5.91 Å². The molecular weight excluding hydrogens is 296 g/mol. The van der Waals surface area contributed by atoms with Gasteiger partial charge in [-0.3, -0.25) is 4.79 Å². The Bertz CT molecular complexity index is 734. The van der Waals surface area contributed by atoms with Crippen LogP contribution in [0.4, 0.5) is 10.5 Å². The second kappa shape index (κ2) is 6.28. The Morgan fingerprint density at radius 2 is 2.13 bits per heavy atom. The molecule has 0 aliphatic heterocycles. The first-order valence-electron chi connectivity index (χ1n) is 7.76. The normalized spacial score (nSPS) is 14.0. The third kappa shape index (κ3) is 4.00. The maximum atomic E-state index is 11.9. The summed E-state index contributed by atoms with van der Waals surface area (Å²) in [6, 6.07) is 5.24. The fraction of sp³-hybridized carbons (Fsp3) is 0.438. The third-order valence-electron chi connectivity index (χ3n) is 3.50. The van der Waals surface area contributed by atoms with E-state index in [1.165, 1.54) is 0 Å². The first-order valence-corrected chi connectivity index (χ1v) is 7.76. The first-order chi connectivity index (χ1) is 11.0. The number of carbonyl (C=O) groups excluding carboxylic acids is 2. The van der Waals surface area contributed by atoms with Gasteiger partial charge in [-0.25, -0.2) is 9.78 Å². The number of urea groups is 1. The lowest BCUT2D eigenvalue weighted by Gasteiger charge is -2.07. The summed E-state index contributed by atoms with van der Waals surface area (Å²) in [5, 5.41) is 8.03. The van der Waals surface area contributed by atoms with Crippen LogP contribution < -0.4 is 16.0 Å². The number of nitrogens with one attached hydrogen (secondary N) is 3. The van der Waals surface area contributed by atoms with Crippen molar-refractivity contribution in [3.05, 3.63) is 24.1 Å². The topological polar surface area (TPSA) is 96.3 Å². The van der Waals surface area contributed by atoms with E-state index in [9.17, 15) is 9.59 Å². The molecule has 3 N–H and O–H groups in total. The predicted octanol–water partition coefficient (Wildman–Crippen LogP) is 2.35. The van der Waals surface area contributed by atoms with Gasteiger partial charge in [-0.05, 0) is 31.0 Å². The second-order valence-corrected chi connectivity index (χ2v) is 6.04. The van der Waals surface area contributed by atoms with Crippen LogP contribution in [0.15, 0.2) is 22.6 Å². The average molecular weight is 316 g/mol. The Morgan fingerprint density at radius 1 is 1.35 bits per heavy atom. The summed E-state index contributed by atoms with van der Waals surface area (Å²) in [5.41, 5.74) is 2.01. The van der Waals surface area contributed by atoms with Gasteiger partial charge in [0.25, 0.3) is 0 Å². The van der Waals surface area contributed by atoms with E-state index in [4.69, 9.17) is 4.42 Å². The molecule has 1 aromatic carbocycles. The molecule has 0 unspecified atom stereocenters. The lowest BCUT2D eigenvalue weighted by Crippen LogP contribution is -2.40. The Kier molecular flexibility index (Phi) is 4.18. The van der Waals surface area contributed by atoms with E-state index < -0.39 is 0 Å². The number of hydrogen-bond acceptors (Lipinski definition) is 4. The lowest BCUT2D eigenvalue weighted by molar-refractivity contribution is -0.115. The van der Waals surface area contributed by atoms with E-state index in [-0.39, 0.29) is 30.4 Å². The number of rotatable bonds is 5. The highest BCUT2D eigenvalue weighted by Gasteiger charge is 2.23. The van der Waals surface area contributed by atoms with Crippen LogP contribution in [-0.4, -0.2) is 29.5 Å². The van der Waals surface area contributed by atoms with Gasteiger partial charge in [0.15, 0.2) is 11.5 Å². The van der Waals surface area contributed by atoms with Crippen molar-refractivity contribution < 1.29 is 14.0 Å². The van der Waals surface area contributed by atoms with E-state index in [1.54, 1.807) is 18.2 Å². The molecule has 2 aromatic rings. The number of oxazole rings is 1. The first kappa shape index (κ1) is 15.3. The Labute approximate surface area is 133 Å². The fourth-order valence-corrected chi connectivity index (χ4v) is 2.10. The molecule has 0 radical (unpaired) electrons. The molecule has 1 heterocycles. The maximum Gasteiger partial charge on any atom is 0.315 e. The zero-order valence-electron chi connectivity index (χ0n) is 13.2. The zero-order valence-corrected chi connectivity index (χ0v) is 13.2. The van der Waals surface area contributed by atoms with Gasteiger partial charge in [0.05, 0.1) is 6.54 Å². The van der Waals surface area contributed by atoms with Gasteiger partial charge in [0.1, 0.15) is 5.52 Å². The number of fused-ring (bicyclic) bond motifs is 1. The van der Waals surface area contributed by atoms with E-state index in [2.05, 4.69) is 20.9 Å². The van der Waals surface area contributed by atoms with Gasteiger partial charge in [-0.15, -0.1) is 0 Å². The van der Waals surface area contributed by atoms with Crippen molar-refractivity contribution in [1.29, 1.82) is 0 Å². The molecule has 1 aromatic heterocycles. The molecule has 3 amide bonds. The highest BCUT2D eigenvalue weighted by atomic mass is 16.3. The summed E-state index contributed by atoms with van der Waals surface area (Å²) < 4.78 is 5.62. The summed E-state index contributed by atoms with van der Waals surface area (Å²) in [4.78, 5) is 27.7. The van der Waals surface area contributed by atoms with Crippen molar-refractivity contribution >= 4 is 28.7 Å². The Balaban J connectivity index is 1.56. The monoisotopic (exact) mass is 316 g/mol. The molecule has 7 nitrogen and oxygen atoms in total. The van der Waals surface area contributed by atoms with Crippen LogP contribution in [0.1, 0.15) is 38.5 Å². The predicted molar refractivity (Wildman–Crippen MR) is 86.3 cm³/mol. The maximum absolute atomic E-state index is 11.9. The van der Waals surface area contributed by atoms with Crippen molar-refractivity contribution in [2.45, 2.75) is 38.6 Å². The number of amides is 3. The molecule has 1 aliphatic carbocycles. The molecule has 3 rings (SSSR count). The van der Waals surface area contributed by atoms with Crippen LogP contribution in [0.25, 0.3) is 11.1 Å². The molecule has 1 aliphatic rings. The number of hydrogen-bond donors (Lipinski definition) is 3. The SMILES string of the molecule is CC(C)c1nc2cc(NC(=O)CNC(=O)NC3CC3)ccc2o1. The molecule has 0 spiro atoms. The van der Waals surface area contributed by atoms with Crippen molar-refractivity contribution in [3.63, 3.8) is 0 Å². The van der Waals surface area contributed by atoms with Gasteiger partial charge in [-0.1, -0.05) is 13.8 Å². The Morgan fingerprint density at radius 3 is 2.83 bits per heavy atom. The summed E-state index contributed by atoms with van der Waals surface area (Å²) >= 11 is 0. The summed E-state index contributed by atoms with van der Waals surface area (Å²) in [5.74, 6) is 0.583. The van der Waals surface area contributed by atoms with Crippen molar-refractivity contribution in [2.24, 2.45) is 0 Å². The van der Waals surface area contributed by atoms with Crippen LogP contribution in [0, 0.1) is 0 Å². The number of nitrogens with zero attached hydrogens (tertiary/aromatic N) is 1. The second-order valence-electron chi connectivity index (χ2n) is 6.04. The molecule has 122 valence electrons. The summed E-state index contributed by atoms with van der Waals surface area (Å²) in [7, 11) is 0. The van der Waals surface area contributed by atoms with Gasteiger partial charge >= 0.3 is 6.03 Å². The fourth-order valence-electron chi connectivity index (χ4n) is 2.10. The van der Waals surface area contributed by atoms with Crippen molar-refractivity contribution in [3.8, 4) is 0 Å². The minimum absolute atomic E-state index is 0.0767. The van der Waals surface area contributed by atoms with Crippen LogP contribution in [0.5, 0.6) is 0 Å². The van der Waals surface area contributed by atoms with Crippen LogP contribution in [0.2, 0.25) is 0 Å². The van der Waals surface area contributed by atoms with E-state index in [0.717, 1.165) is 12.8 Å². The third-order valence-corrected chi connectivity index (χ3v) is 3.50. The zero-order chi connectivity index (χ0) is 16.4. The standard InChI is InChI=1S/C16H20N4O3/c1-9(2)15-20-12-7-11(5-6-13(12)23-15)18-14(21)8-17-16(22)19-10-3-4-10/h5-7,9-10H,3-4,8H2,1-2H3,(H,18,21)(H2,17,19,22). The van der Waals surface area contributed by atoms with E-state index in [1.807, 2.05) is 13.8 Å². The quantitative estimate of drug-likeness (QED) is 0.789. The Hall–Kier alpha value is -2.57. The van der Waals surface area contributed by atoms with Crippen LogP contribution in [0.3, 0.4) is 0 Å². The average Bonchev–Trinajstić information content (AvgIpc) is 3.20. The lowest BCUT2D eigenvalue weighted by atomic mass is 10.2. The molecule has 0 atom stereocenters.